The Morgan fingerprint density at radius 2 is 1.93 bits per heavy atom. The van der Waals surface area contributed by atoms with Crippen molar-refractivity contribution in [2.75, 3.05) is 0 Å². The lowest BCUT2D eigenvalue weighted by Crippen LogP contribution is -2.25. The first-order chi connectivity index (χ1) is 6.66. The Morgan fingerprint density at radius 3 is 2.57 bits per heavy atom. The van der Waals surface area contributed by atoms with Gasteiger partial charge in [0.2, 0.25) is 0 Å². The van der Waals surface area contributed by atoms with Gasteiger partial charge >= 0.3 is 0 Å². The van der Waals surface area contributed by atoms with E-state index in [-0.39, 0.29) is 5.41 Å². The highest BCUT2D eigenvalue weighted by atomic mass is 14.8. The maximum absolute atomic E-state index is 4.71. The summed E-state index contributed by atoms with van der Waals surface area (Å²) in [5.74, 6) is 0. The molecule has 0 saturated heterocycles. The first-order valence-corrected chi connectivity index (χ1v) is 5.34. The molecule has 1 aromatic rings. The van der Waals surface area contributed by atoms with Crippen LogP contribution in [0.3, 0.4) is 0 Å². The lowest BCUT2D eigenvalue weighted by molar-refractivity contribution is 0.712. The quantitative estimate of drug-likeness (QED) is 0.667. The maximum atomic E-state index is 4.71. The van der Waals surface area contributed by atoms with Crippen LogP contribution in [0.15, 0.2) is 29.3 Å². The van der Waals surface area contributed by atoms with Gasteiger partial charge in [-0.15, -0.1) is 0 Å². The minimum absolute atomic E-state index is 0.145. The van der Waals surface area contributed by atoms with E-state index in [2.05, 4.69) is 45.0 Å². The van der Waals surface area contributed by atoms with Crippen molar-refractivity contribution in [1.29, 1.82) is 0 Å². The van der Waals surface area contributed by atoms with Crippen molar-refractivity contribution in [2.24, 2.45) is 4.99 Å². The summed E-state index contributed by atoms with van der Waals surface area (Å²) >= 11 is 0. The largest absolute Gasteiger partial charge is 0.257 e. The van der Waals surface area contributed by atoms with Gasteiger partial charge in [-0.25, -0.2) is 0 Å². The summed E-state index contributed by atoms with van der Waals surface area (Å²) in [6.07, 6.45) is 2.29. The molecule has 0 atom stereocenters. The number of hydrogen-bond acceptors (Lipinski definition) is 1. The molecule has 1 heteroatoms. The smallest absolute Gasteiger partial charge is 0.0670 e. The van der Waals surface area contributed by atoms with E-state index in [1.54, 1.807) is 0 Å². The minimum Gasteiger partial charge on any atom is -0.257 e. The Labute approximate surface area is 85.9 Å². The maximum Gasteiger partial charge on any atom is 0.0670 e. The molecule has 0 fully saturated rings. The number of para-hydroxylation sites is 1. The van der Waals surface area contributed by atoms with Crippen LogP contribution < -0.4 is 0 Å². The van der Waals surface area contributed by atoms with Crippen LogP contribution in [-0.2, 0) is 5.41 Å². The summed E-state index contributed by atoms with van der Waals surface area (Å²) in [6, 6.07) is 8.47. The summed E-state index contributed by atoms with van der Waals surface area (Å²) in [7, 11) is 0. The van der Waals surface area contributed by atoms with Crippen molar-refractivity contribution < 1.29 is 0 Å². The number of nitrogens with zero attached hydrogens (tertiary/aromatic N) is 1. The fraction of sp³-hybridized carbons (Fsp3) is 0.462. The average Bonchev–Trinajstić information content (AvgIpc) is 2.41. The van der Waals surface area contributed by atoms with Crippen LogP contribution in [-0.4, -0.2) is 5.71 Å². The lowest BCUT2D eigenvalue weighted by Gasteiger charge is -2.21. The Kier molecular flexibility index (Phi) is 2.18. The zero-order valence-electron chi connectivity index (χ0n) is 9.17. The summed E-state index contributed by atoms with van der Waals surface area (Å²) in [5, 5.41) is 0. The molecule has 2 rings (SSSR count). The predicted octanol–water partition coefficient (Wildman–Crippen LogP) is 3.85. The van der Waals surface area contributed by atoms with Crippen molar-refractivity contribution in [1.82, 2.24) is 0 Å². The van der Waals surface area contributed by atoms with Crippen LogP contribution in [0.1, 0.15) is 39.2 Å². The van der Waals surface area contributed by atoms with Gasteiger partial charge in [0.15, 0.2) is 0 Å². The van der Waals surface area contributed by atoms with E-state index in [1.165, 1.54) is 23.4 Å². The molecule has 0 spiro atoms. The molecule has 0 aliphatic carbocycles. The summed E-state index contributed by atoms with van der Waals surface area (Å²) < 4.78 is 0. The van der Waals surface area contributed by atoms with E-state index in [1.807, 2.05) is 0 Å². The molecule has 0 radical (unpaired) electrons. The van der Waals surface area contributed by atoms with Crippen molar-refractivity contribution in [3.05, 3.63) is 29.8 Å². The number of fused-ring (bicyclic) bond motifs is 1. The third-order valence-corrected chi connectivity index (χ3v) is 3.04. The number of hydrogen-bond donors (Lipinski definition) is 0. The molecule has 1 aliphatic heterocycles. The number of benzene rings is 1. The number of rotatable bonds is 2. The number of aliphatic imine (C=N–C) groups is 1. The highest BCUT2D eigenvalue weighted by Crippen LogP contribution is 2.40. The lowest BCUT2D eigenvalue weighted by atomic mass is 9.80. The Morgan fingerprint density at radius 1 is 1.21 bits per heavy atom. The van der Waals surface area contributed by atoms with Gasteiger partial charge in [-0.1, -0.05) is 45.4 Å². The molecule has 0 bridgehead atoms. The molecule has 1 heterocycles. The zero-order valence-corrected chi connectivity index (χ0v) is 9.17. The molecular weight excluding hydrogens is 170 g/mol. The van der Waals surface area contributed by atoms with Crippen LogP contribution in [0.2, 0.25) is 0 Å². The molecule has 0 N–H and O–H groups in total. The minimum atomic E-state index is 0.145. The van der Waals surface area contributed by atoms with Crippen LogP contribution in [0, 0.1) is 0 Å². The second-order valence-electron chi connectivity index (χ2n) is 4.45. The van der Waals surface area contributed by atoms with E-state index in [0.29, 0.717) is 0 Å². The topological polar surface area (TPSA) is 12.4 Å². The molecular formula is C13H17N. The van der Waals surface area contributed by atoms with Gasteiger partial charge in [-0.05, 0) is 18.1 Å². The van der Waals surface area contributed by atoms with E-state index in [4.69, 9.17) is 4.99 Å². The molecule has 0 saturated carbocycles. The zero-order chi connectivity index (χ0) is 10.2. The van der Waals surface area contributed by atoms with Crippen molar-refractivity contribution >= 4 is 11.4 Å². The van der Waals surface area contributed by atoms with Crippen LogP contribution in [0.25, 0.3) is 0 Å². The SMILES string of the molecule is CCCC1=Nc2ccccc2C1(C)C. The van der Waals surface area contributed by atoms with Crippen molar-refractivity contribution in [3.8, 4) is 0 Å². The van der Waals surface area contributed by atoms with Crippen molar-refractivity contribution in [3.63, 3.8) is 0 Å². The van der Waals surface area contributed by atoms with Gasteiger partial charge in [-0.2, -0.15) is 0 Å². The molecule has 0 unspecified atom stereocenters. The highest BCUT2D eigenvalue weighted by Gasteiger charge is 2.33. The van der Waals surface area contributed by atoms with Gasteiger partial charge in [0.25, 0.3) is 0 Å². The molecule has 0 amide bonds. The predicted molar refractivity (Wildman–Crippen MR) is 61.5 cm³/mol. The Balaban J connectivity index is 2.45. The van der Waals surface area contributed by atoms with Gasteiger partial charge < -0.3 is 0 Å². The van der Waals surface area contributed by atoms with Crippen LogP contribution in [0.4, 0.5) is 5.69 Å². The van der Waals surface area contributed by atoms with E-state index in [0.717, 1.165) is 6.42 Å². The van der Waals surface area contributed by atoms with Gasteiger partial charge in [0, 0.05) is 11.1 Å². The average molecular weight is 187 g/mol. The molecule has 14 heavy (non-hydrogen) atoms. The van der Waals surface area contributed by atoms with Gasteiger partial charge in [-0.3, -0.25) is 4.99 Å². The third-order valence-electron chi connectivity index (χ3n) is 3.04. The Hall–Kier alpha value is -1.11. The summed E-state index contributed by atoms with van der Waals surface area (Å²) in [4.78, 5) is 4.71. The van der Waals surface area contributed by atoms with Crippen molar-refractivity contribution in [2.45, 2.75) is 39.0 Å². The van der Waals surface area contributed by atoms with Crippen LogP contribution >= 0.6 is 0 Å². The molecule has 1 aromatic carbocycles. The second-order valence-corrected chi connectivity index (χ2v) is 4.45. The van der Waals surface area contributed by atoms with E-state index < -0.39 is 0 Å². The fourth-order valence-electron chi connectivity index (χ4n) is 2.15. The Bertz CT molecular complexity index is 375. The molecule has 1 aliphatic rings. The van der Waals surface area contributed by atoms with Gasteiger partial charge in [0.1, 0.15) is 0 Å². The first kappa shape index (κ1) is 9.45. The monoisotopic (exact) mass is 187 g/mol. The first-order valence-electron chi connectivity index (χ1n) is 5.34. The normalized spacial score (nSPS) is 17.8. The molecule has 0 aromatic heterocycles. The summed E-state index contributed by atoms with van der Waals surface area (Å²) in [5.41, 5.74) is 4.03. The fourth-order valence-corrected chi connectivity index (χ4v) is 2.15. The van der Waals surface area contributed by atoms with Crippen LogP contribution in [0.5, 0.6) is 0 Å². The standard InChI is InChI=1S/C13H17N/c1-4-7-12-13(2,3)10-8-5-6-9-11(10)14-12/h5-6,8-9H,4,7H2,1-3H3. The van der Waals surface area contributed by atoms with Gasteiger partial charge in [0.05, 0.1) is 5.69 Å². The summed E-state index contributed by atoms with van der Waals surface area (Å²) in [6.45, 7) is 6.75. The van der Waals surface area contributed by atoms with E-state index >= 15 is 0 Å². The third kappa shape index (κ3) is 1.28. The second kappa shape index (κ2) is 3.23. The molecule has 74 valence electrons. The van der Waals surface area contributed by atoms with E-state index in [9.17, 15) is 0 Å². The highest BCUT2D eigenvalue weighted by molar-refractivity contribution is 6.01. The molecule has 1 nitrogen and oxygen atoms in total.